The van der Waals surface area contributed by atoms with Crippen LogP contribution in [-0.2, 0) is 13.0 Å². The van der Waals surface area contributed by atoms with Crippen molar-refractivity contribution >= 4 is 15.9 Å². The molecule has 21 heavy (non-hydrogen) atoms. The summed E-state index contributed by atoms with van der Waals surface area (Å²) >= 11 is 3.62. The van der Waals surface area contributed by atoms with Gasteiger partial charge in [-0.25, -0.2) is 4.39 Å². The van der Waals surface area contributed by atoms with Gasteiger partial charge in [-0.05, 0) is 54.9 Å². The molecule has 0 saturated heterocycles. The summed E-state index contributed by atoms with van der Waals surface area (Å²) in [6, 6.07) is 7.00. The topological polar surface area (TPSA) is 29.9 Å². The molecule has 1 unspecified atom stereocenters. The van der Waals surface area contributed by atoms with Gasteiger partial charge >= 0.3 is 0 Å². The van der Waals surface area contributed by atoms with E-state index in [1.54, 1.807) is 6.07 Å². The van der Waals surface area contributed by atoms with Gasteiger partial charge in [-0.1, -0.05) is 18.2 Å². The van der Waals surface area contributed by atoms with Crippen LogP contribution in [0.4, 0.5) is 4.39 Å². The SMILES string of the molecule is CCn1nc(C)c(Br)c1CC(CNC)c1ccccc1F. The third-order valence-electron chi connectivity index (χ3n) is 3.69. The molecular formula is C16H21BrFN3. The van der Waals surface area contributed by atoms with Crippen LogP contribution in [0.5, 0.6) is 0 Å². The molecule has 5 heteroatoms. The van der Waals surface area contributed by atoms with Crippen LogP contribution in [0.15, 0.2) is 28.7 Å². The van der Waals surface area contributed by atoms with E-state index in [4.69, 9.17) is 0 Å². The lowest BCUT2D eigenvalue weighted by atomic mass is 9.93. The summed E-state index contributed by atoms with van der Waals surface area (Å²) < 4.78 is 17.1. The summed E-state index contributed by atoms with van der Waals surface area (Å²) in [6.07, 6.45) is 0.747. The molecule has 2 aromatic rings. The Balaban J connectivity index is 2.35. The predicted molar refractivity (Wildman–Crippen MR) is 87.1 cm³/mol. The number of halogens is 2. The number of hydrogen-bond acceptors (Lipinski definition) is 2. The summed E-state index contributed by atoms with van der Waals surface area (Å²) in [5.74, 6) is -0.0675. The van der Waals surface area contributed by atoms with Crippen molar-refractivity contribution in [3.05, 3.63) is 51.5 Å². The van der Waals surface area contributed by atoms with E-state index in [0.717, 1.165) is 40.9 Å². The molecule has 114 valence electrons. The van der Waals surface area contributed by atoms with Crippen LogP contribution in [0.3, 0.4) is 0 Å². The van der Waals surface area contributed by atoms with Crippen LogP contribution >= 0.6 is 15.9 Å². The number of likely N-dealkylation sites (N-methyl/N-ethyl adjacent to an activating group) is 1. The van der Waals surface area contributed by atoms with Gasteiger partial charge in [0.25, 0.3) is 0 Å². The number of rotatable bonds is 6. The zero-order valence-corrected chi connectivity index (χ0v) is 14.2. The van der Waals surface area contributed by atoms with Gasteiger partial charge in [0.2, 0.25) is 0 Å². The van der Waals surface area contributed by atoms with E-state index >= 15 is 0 Å². The Morgan fingerprint density at radius 3 is 2.71 bits per heavy atom. The molecule has 0 aliphatic heterocycles. The molecule has 0 bridgehead atoms. The smallest absolute Gasteiger partial charge is 0.126 e. The Bertz CT molecular complexity index is 610. The molecule has 3 nitrogen and oxygen atoms in total. The van der Waals surface area contributed by atoms with E-state index in [2.05, 4.69) is 33.3 Å². The molecule has 1 heterocycles. The quantitative estimate of drug-likeness (QED) is 0.858. The first-order chi connectivity index (χ1) is 10.1. The maximum Gasteiger partial charge on any atom is 0.126 e. The molecule has 0 spiro atoms. The van der Waals surface area contributed by atoms with Crippen molar-refractivity contribution in [2.24, 2.45) is 0 Å². The normalized spacial score (nSPS) is 12.6. The van der Waals surface area contributed by atoms with E-state index in [1.807, 2.05) is 30.8 Å². The number of nitrogens with one attached hydrogen (secondary N) is 1. The lowest BCUT2D eigenvalue weighted by Crippen LogP contribution is -2.21. The molecule has 1 aromatic carbocycles. The van der Waals surface area contributed by atoms with E-state index in [1.165, 1.54) is 6.07 Å². The zero-order chi connectivity index (χ0) is 15.4. The van der Waals surface area contributed by atoms with Crippen molar-refractivity contribution in [3.8, 4) is 0 Å². The number of benzene rings is 1. The Morgan fingerprint density at radius 2 is 2.10 bits per heavy atom. The van der Waals surface area contributed by atoms with E-state index in [9.17, 15) is 4.39 Å². The first kappa shape index (κ1) is 16.2. The van der Waals surface area contributed by atoms with E-state index in [0.29, 0.717) is 0 Å². The minimum Gasteiger partial charge on any atom is -0.319 e. The Kier molecular flexibility index (Phi) is 5.53. The first-order valence-corrected chi connectivity index (χ1v) is 7.98. The van der Waals surface area contributed by atoms with Gasteiger partial charge in [-0.15, -0.1) is 0 Å². The molecule has 0 fully saturated rings. The maximum absolute atomic E-state index is 14.1. The number of nitrogens with zero attached hydrogens (tertiary/aromatic N) is 2. The second-order valence-electron chi connectivity index (χ2n) is 5.14. The van der Waals surface area contributed by atoms with Crippen LogP contribution in [0.25, 0.3) is 0 Å². The molecule has 0 radical (unpaired) electrons. The highest BCUT2D eigenvalue weighted by Crippen LogP contribution is 2.28. The second kappa shape index (κ2) is 7.18. The van der Waals surface area contributed by atoms with Gasteiger partial charge < -0.3 is 5.32 Å². The maximum atomic E-state index is 14.1. The van der Waals surface area contributed by atoms with Crippen LogP contribution in [-0.4, -0.2) is 23.4 Å². The molecule has 0 amide bonds. The Labute approximate surface area is 133 Å². The van der Waals surface area contributed by atoms with Crippen molar-refractivity contribution in [2.45, 2.75) is 32.7 Å². The van der Waals surface area contributed by atoms with Crippen LogP contribution in [0.2, 0.25) is 0 Å². The van der Waals surface area contributed by atoms with Crippen molar-refractivity contribution < 1.29 is 4.39 Å². The van der Waals surface area contributed by atoms with Gasteiger partial charge in [0.1, 0.15) is 5.82 Å². The molecule has 0 aliphatic carbocycles. The summed E-state index contributed by atoms with van der Waals surface area (Å²) in [6.45, 7) is 5.58. The molecule has 1 atom stereocenters. The molecule has 1 N–H and O–H groups in total. The van der Waals surface area contributed by atoms with Gasteiger partial charge in [0, 0.05) is 19.0 Å². The summed E-state index contributed by atoms with van der Waals surface area (Å²) in [7, 11) is 1.89. The van der Waals surface area contributed by atoms with Crippen molar-refractivity contribution in [3.63, 3.8) is 0 Å². The minimum absolute atomic E-state index is 0.0777. The zero-order valence-electron chi connectivity index (χ0n) is 12.7. The lowest BCUT2D eigenvalue weighted by molar-refractivity contribution is 0.532. The monoisotopic (exact) mass is 353 g/mol. The van der Waals surface area contributed by atoms with Gasteiger partial charge in [0.05, 0.1) is 15.9 Å². The highest BCUT2D eigenvalue weighted by atomic mass is 79.9. The Hall–Kier alpha value is -1.20. The van der Waals surface area contributed by atoms with Crippen molar-refractivity contribution in [2.75, 3.05) is 13.6 Å². The third-order valence-corrected chi connectivity index (χ3v) is 4.72. The second-order valence-corrected chi connectivity index (χ2v) is 5.94. The Morgan fingerprint density at radius 1 is 1.38 bits per heavy atom. The fraction of sp³-hybridized carbons (Fsp3) is 0.438. The standard InChI is InChI=1S/C16H21BrFN3/c1-4-21-15(16(17)11(2)20-21)9-12(10-19-3)13-7-5-6-8-14(13)18/h5-8,12,19H,4,9-10H2,1-3H3. The number of aromatic nitrogens is 2. The minimum atomic E-state index is -0.145. The first-order valence-electron chi connectivity index (χ1n) is 7.19. The predicted octanol–water partition coefficient (Wildman–Crippen LogP) is 3.66. The molecule has 2 rings (SSSR count). The van der Waals surface area contributed by atoms with Gasteiger partial charge in [0.15, 0.2) is 0 Å². The highest BCUT2D eigenvalue weighted by molar-refractivity contribution is 9.10. The van der Waals surface area contributed by atoms with Gasteiger partial charge in [-0.2, -0.15) is 5.10 Å². The third kappa shape index (κ3) is 3.52. The van der Waals surface area contributed by atoms with Crippen LogP contribution in [0, 0.1) is 12.7 Å². The van der Waals surface area contributed by atoms with Gasteiger partial charge in [-0.3, -0.25) is 4.68 Å². The molecule has 0 aliphatic rings. The van der Waals surface area contributed by atoms with Crippen molar-refractivity contribution in [1.82, 2.24) is 15.1 Å². The van der Waals surface area contributed by atoms with Crippen LogP contribution < -0.4 is 5.32 Å². The van der Waals surface area contributed by atoms with E-state index < -0.39 is 0 Å². The average molecular weight is 354 g/mol. The summed E-state index contributed by atoms with van der Waals surface area (Å²) in [4.78, 5) is 0. The molecule has 0 saturated carbocycles. The largest absolute Gasteiger partial charge is 0.319 e. The molecular weight excluding hydrogens is 333 g/mol. The van der Waals surface area contributed by atoms with Crippen molar-refractivity contribution in [1.29, 1.82) is 0 Å². The molecule has 1 aromatic heterocycles. The number of hydrogen-bond donors (Lipinski definition) is 1. The summed E-state index contributed by atoms with van der Waals surface area (Å²) in [5, 5.41) is 7.68. The fourth-order valence-corrected chi connectivity index (χ4v) is 3.09. The fourth-order valence-electron chi connectivity index (χ4n) is 2.64. The highest BCUT2D eigenvalue weighted by Gasteiger charge is 2.20. The summed E-state index contributed by atoms with van der Waals surface area (Å²) in [5.41, 5.74) is 2.85. The average Bonchev–Trinajstić information content (AvgIpc) is 2.75. The van der Waals surface area contributed by atoms with E-state index in [-0.39, 0.29) is 11.7 Å². The number of aryl methyl sites for hydroxylation is 2. The lowest BCUT2D eigenvalue weighted by Gasteiger charge is -2.18. The van der Waals surface area contributed by atoms with Crippen LogP contribution in [0.1, 0.15) is 29.8 Å².